The Morgan fingerprint density at radius 1 is 1.18 bits per heavy atom. The minimum atomic E-state index is -0.397. The first-order valence-electron chi connectivity index (χ1n) is 9.29. The van der Waals surface area contributed by atoms with Crippen molar-refractivity contribution in [1.82, 2.24) is 15.8 Å². The van der Waals surface area contributed by atoms with Gasteiger partial charge in [0, 0.05) is 12.6 Å². The van der Waals surface area contributed by atoms with E-state index in [0.29, 0.717) is 6.42 Å². The molecule has 1 saturated heterocycles. The van der Waals surface area contributed by atoms with Gasteiger partial charge in [0.2, 0.25) is 5.91 Å². The Balaban J connectivity index is 1.57. The first kappa shape index (κ1) is 20.1. The number of carbonyl (C=O) groups excluding carboxylic acids is 1. The number of nitrogens with zero attached hydrogens (tertiary/aromatic N) is 1. The molecule has 1 aliphatic heterocycles. The zero-order valence-corrected chi connectivity index (χ0v) is 16.3. The molecule has 28 heavy (non-hydrogen) atoms. The van der Waals surface area contributed by atoms with Gasteiger partial charge < -0.3 is 14.4 Å². The van der Waals surface area contributed by atoms with Gasteiger partial charge in [-0.1, -0.05) is 30.3 Å². The molecule has 3 unspecified atom stereocenters. The number of halogens is 1. The SMILES string of the molecule is COc1ccccc1C(C)N(C)C(=O)C1CC(COc2ccccc2F)NN1. The molecule has 0 spiro atoms. The molecule has 0 aromatic heterocycles. The van der Waals surface area contributed by atoms with E-state index in [1.54, 1.807) is 37.3 Å². The van der Waals surface area contributed by atoms with Crippen LogP contribution < -0.4 is 20.3 Å². The van der Waals surface area contributed by atoms with Crippen LogP contribution in [0.3, 0.4) is 0 Å². The third-order valence-corrected chi connectivity index (χ3v) is 5.07. The summed E-state index contributed by atoms with van der Waals surface area (Å²) in [7, 11) is 3.40. The van der Waals surface area contributed by atoms with Gasteiger partial charge in [-0.25, -0.2) is 9.82 Å². The van der Waals surface area contributed by atoms with Crippen LogP contribution in [0.5, 0.6) is 11.5 Å². The van der Waals surface area contributed by atoms with Gasteiger partial charge >= 0.3 is 0 Å². The number of nitrogens with one attached hydrogen (secondary N) is 2. The number of amides is 1. The molecule has 1 aliphatic rings. The Labute approximate surface area is 164 Å². The van der Waals surface area contributed by atoms with E-state index in [1.165, 1.54) is 6.07 Å². The van der Waals surface area contributed by atoms with Gasteiger partial charge in [-0.15, -0.1) is 0 Å². The molecule has 3 rings (SSSR count). The van der Waals surface area contributed by atoms with Crippen molar-refractivity contribution in [3.63, 3.8) is 0 Å². The monoisotopic (exact) mass is 387 g/mol. The highest BCUT2D eigenvalue weighted by Gasteiger charge is 2.33. The Bertz CT molecular complexity index is 817. The molecule has 0 bridgehead atoms. The topological polar surface area (TPSA) is 62.8 Å². The molecular weight excluding hydrogens is 361 g/mol. The molecule has 3 atom stereocenters. The quantitative estimate of drug-likeness (QED) is 0.765. The summed E-state index contributed by atoms with van der Waals surface area (Å²) >= 11 is 0. The van der Waals surface area contributed by atoms with Crippen LogP contribution in [0, 0.1) is 5.82 Å². The number of hydrogen-bond donors (Lipinski definition) is 2. The lowest BCUT2D eigenvalue weighted by molar-refractivity contribution is -0.133. The zero-order chi connectivity index (χ0) is 20.1. The van der Waals surface area contributed by atoms with E-state index in [0.717, 1.165) is 11.3 Å². The summed E-state index contributed by atoms with van der Waals surface area (Å²) in [6.07, 6.45) is 0.552. The molecule has 2 aromatic rings. The smallest absolute Gasteiger partial charge is 0.241 e. The number of carbonyl (C=O) groups is 1. The largest absolute Gasteiger partial charge is 0.496 e. The van der Waals surface area contributed by atoms with Crippen molar-refractivity contribution in [3.05, 3.63) is 59.9 Å². The van der Waals surface area contributed by atoms with Gasteiger partial charge in [0.25, 0.3) is 0 Å². The first-order valence-corrected chi connectivity index (χ1v) is 9.29. The maximum absolute atomic E-state index is 13.7. The second-order valence-corrected chi connectivity index (χ2v) is 6.88. The second-order valence-electron chi connectivity index (χ2n) is 6.88. The summed E-state index contributed by atoms with van der Waals surface area (Å²) < 4.78 is 24.6. The predicted molar refractivity (Wildman–Crippen MR) is 105 cm³/mol. The van der Waals surface area contributed by atoms with Crippen LogP contribution in [-0.2, 0) is 4.79 Å². The van der Waals surface area contributed by atoms with E-state index < -0.39 is 5.82 Å². The number of para-hydroxylation sites is 2. The lowest BCUT2D eigenvalue weighted by atomic mass is 10.0. The molecule has 1 amide bonds. The highest BCUT2D eigenvalue weighted by atomic mass is 19.1. The average Bonchev–Trinajstić information content (AvgIpc) is 3.20. The van der Waals surface area contributed by atoms with Gasteiger partial charge in [-0.05, 0) is 31.5 Å². The van der Waals surface area contributed by atoms with Crippen LogP contribution in [-0.4, -0.2) is 43.7 Å². The van der Waals surface area contributed by atoms with Crippen LogP contribution in [0.2, 0.25) is 0 Å². The Kier molecular flexibility index (Phi) is 6.49. The number of hydrogen-bond acceptors (Lipinski definition) is 5. The van der Waals surface area contributed by atoms with Gasteiger partial charge in [0.1, 0.15) is 18.4 Å². The third kappa shape index (κ3) is 4.43. The van der Waals surface area contributed by atoms with E-state index in [2.05, 4.69) is 10.9 Å². The van der Waals surface area contributed by atoms with E-state index in [4.69, 9.17) is 9.47 Å². The summed E-state index contributed by atoms with van der Waals surface area (Å²) in [4.78, 5) is 14.6. The summed E-state index contributed by atoms with van der Waals surface area (Å²) in [5.41, 5.74) is 7.04. The molecule has 1 fully saturated rings. The van der Waals surface area contributed by atoms with Crippen molar-refractivity contribution in [2.75, 3.05) is 20.8 Å². The molecule has 0 aliphatic carbocycles. The number of benzene rings is 2. The van der Waals surface area contributed by atoms with Crippen molar-refractivity contribution >= 4 is 5.91 Å². The maximum atomic E-state index is 13.7. The van der Waals surface area contributed by atoms with Gasteiger partial charge in [0.15, 0.2) is 11.6 Å². The Hall–Kier alpha value is -2.64. The van der Waals surface area contributed by atoms with E-state index >= 15 is 0 Å². The summed E-state index contributed by atoms with van der Waals surface area (Å²) in [5.74, 6) is 0.537. The van der Waals surface area contributed by atoms with Crippen LogP contribution in [0.15, 0.2) is 48.5 Å². The number of ether oxygens (including phenoxy) is 2. The van der Waals surface area contributed by atoms with Crippen LogP contribution in [0.1, 0.15) is 24.9 Å². The van der Waals surface area contributed by atoms with Crippen molar-refractivity contribution < 1.29 is 18.7 Å². The molecule has 2 N–H and O–H groups in total. The summed E-state index contributed by atoms with van der Waals surface area (Å²) in [5, 5.41) is 0. The molecule has 6 nitrogen and oxygen atoms in total. The van der Waals surface area contributed by atoms with Crippen LogP contribution >= 0.6 is 0 Å². The molecule has 150 valence electrons. The molecule has 7 heteroatoms. The molecule has 0 saturated carbocycles. The molecule has 1 heterocycles. The normalized spacial score (nSPS) is 19.9. The highest BCUT2D eigenvalue weighted by Crippen LogP contribution is 2.29. The first-order chi connectivity index (χ1) is 13.5. The van der Waals surface area contributed by atoms with Gasteiger partial charge in [-0.2, -0.15) is 0 Å². The number of likely N-dealkylation sites (N-methyl/N-ethyl adjacent to an activating group) is 1. The fourth-order valence-corrected chi connectivity index (χ4v) is 3.30. The molecule has 2 aromatic carbocycles. The number of methoxy groups -OCH3 is 1. The summed E-state index contributed by atoms with van der Waals surface area (Å²) in [6.45, 7) is 2.24. The second kappa shape index (κ2) is 9.03. The van der Waals surface area contributed by atoms with Gasteiger partial charge in [-0.3, -0.25) is 10.2 Å². The fourth-order valence-electron chi connectivity index (χ4n) is 3.30. The molecule has 0 radical (unpaired) electrons. The lowest BCUT2D eigenvalue weighted by Crippen LogP contribution is -2.45. The fraction of sp³-hybridized carbons (Fsp3) is 0.381. The van der Waals surface area contributed by atoms with E-state index in [9.17, 15) is 9.18 Å². The Morgan fingerprint density at radius 3 is 2.57 bits per heavy atom. The standard InChI is InChI=1S/C21H26FN3O3/c1-14(16-8-4-6-10-19(16)27-3)25(2)21(26)18-12-15(23-24-18)13-28-20-11-7-5-9-17(20)22/h4-11,14-15,18,23-24H,12-13H2,1-3H3. The van der Waals surface area contributed by atoms with Crippen molar-refractivity contribution in [2.45, 2.75) is 31.5 Å². The predicted octanol–water partition coefficient (Wildman–Crippen LogP) is 2.67. The van der Waals surface area contributed by atoms with E-state index in [1.807, 2.05) is 31.2 Å². The minimum Gasteiger partial charge on any atom is -0.496 e. The highest BCUT2D eigenvalue weighted by molar-refractivity contribution is 5.82. The van der Waals surface area contributed by atoms with Crippen molar-refractivity contribution in [2.24, 2.45) is 0 Å². The van der Waals surface area contributed by atoms with Crippen molar-refractivity contribution in [1.29, 1.82) is 0 Å². The lowest BCUT2D eigenvalue weighted by Gasteiger charge is -2.28. The molecular formula is C21H26FN3O3. The maximum Gasteiger partial charge on any atom is 0.241 e. The minimum absolute atomic E-state index is 0.0284. The zero-order valence-electron chi connectivity index (χ0n) is 16.3. The number of rotatable bonds is 7. The van der Waals surface area contributed by atoms with Crippen LogP contribution in [0.4, 0.5) is 4.39 Å². The van der Waals surface area contributed by atoms with E-state index in [-0.39, 0.29) is 36.4 Å². The van der Waals surface area contributed by atoms with Crippen molar-refractivity contribution in [3.8, 4) is 11.5 Å². The average molecular weight is 387 g/mol. The van der Waals surface area contributed by atoms with Gasteiger partial charge in [0.05, 0.1) is 19.2 Å². The third-order valence-electron chi connectivity index (χ3n) is 5.07. The van der Waals surface area contributed by atoms with Crippen LogP contribution in [0.25, 0.3) is 0 Å². The summed E-state index contributed by atoms with van der Waals surface area (Å²) in [6, 6.07) is 13.3. The Morgan fingerprint density at radius 2 is 1.86 bits per heavy atom. The number of hydrazine groups is 1.